The van der Waals surface area contributed by atoms with Crippen molar-refractivity contribution in [2.24, 2.45) is 0 Å². The van der Waals surface area contributed by atoms with E-state index in [1.54, 1.807) is 53.4 Å². The summed E-state index contributed by atoms with van der Waals surface area (Å²) in [7, 11) is -1.40. The molecule has 0 saturated carbocycles. The molecule has 0 aliphatic carbocycles. The lowest BCUT2D eigenvalue weighted by Gasteiger charge is -2.25. The number of anilines is 2. The first-order chi connectivity index (χ1) is 19.2. The molecule has 3 aromatic rings. The number of rotatable bonds is 13. The average Bonchev–Trinajstić information content (AvgIpc) is 2.97. The van der Waals surface area contributed by atoms with Crippen LogP contribution in [0.25, 0.3) is 0 Å². The lowest BCUT2D eigenvalue weighted by molar-refractivity contribution is -0.114. The summed E-state index contributed by atoms with van der Waals surface area (Å²) in [6.45, 7) is 6.49. The van der Waals surface area contributed by atoms with Crippen molar-refractivity contribution in [3.63, 3.8) is 0 Å². The van der Waals surface area contributed by atoms with Crippen LogP contribution in [0.3, 0.4) is 0 Å². The third-order valence-electron chi connectivity index (χ3n) is 6.15. The summed E-state index contributed by atoms with van der Waals surface area (Å²) < 4.78 is 44.8. The summed E-state index contributed by atoms with van der Waals surface area (Å²) >= 11 is 0. The van der Waals surface area contributed by atoms with Crippen LogP contribution in [0.5, 0.6) is 17.2 Å². The minimum Gasteiger partial charge on any atom is -0.494 e. The van der Waals surface area contributed by atoms with Gasteiger partial charge in [-0.1, -0.05) is 12.1 Å². The summed E-state index contributed by atoms with van der Waals surface area (Å²) in [5.41, 5.74) is 0.857. The van der Waals surface area contributed by atoms with E-state index in [0.29, 0.717) is 42.4 Å². The van der Waals surface area contributed by atoms with Crippen molar-refractivity contribution in [1.29, 1.82) is 0 Å². The van der Waals surface area contributed by atoms with Crippen LogP contribution in [0.2, 0.25) is 0 Å². The lowest BCUT2D eigenvalue weighted by Crippen LogP contribution is -2.38. The first-order valence-corrected chi connectivity index (χ1v) is 14.3. The van der Waals surface area contributed by atoms with E-state index in [9.17, 15) is 18.0 Å². The number of nitrogens with one attached hydrogen (secondary N) is 1. The Kier molecular flexibility index (Phi) is 10.4. The average molecular weight is 570 g/mol. The number of amides is 2. The van der Waals surface area contributed by atoms with Gasteiger partial charge in [-0.3, -0.25) is 13.9 Å². The normalized spacial score (nSPS) is 10.9. The van der Waals surface area contributed by atoms with Crippen molar-refractivity contribution in [2.45, 2.75) is 25.7 Å². The highest BCUT2D eigenvalue weighted by Gasteiger charge is 2.29. The highest BCUT2D eigenvalue weighted by Crippen LogP contribution is 2.33. The number of benzene rings is 3. The predicted octanol–water partition coefficient (Wildman–Crippen LogP) is 4.42. The van der Waals surface area contributed by atoms with Crippen LogP contribution in [-0.2, 0) is 14.8 Å². The molecule has 0 fully saturated rings. The molecule has 0 radical (unpaired) electrons. The van der Waals surface area contributed by atoms with E-state index in [1.165, 1.54) is 32.4 Å². The lowest BCUT2D eigenvalue weighted by atomic mass is 10.1. The fourth-order valence-corrected chi connectivity index (χ4v) is 5.51. The minimum atomic E-state index is -4.25. The Morgan fingerprint density at radius 2 is 1.50 bits per heavy atom. The van der Waals surface area contributed by atoms with Gasteiger partial charge in [0.2, 0.25) is 5.91 Å². The summed E-state index contributed by atoms with van der Waals surface area (Å²) in [5.74, 6) is 0.285. The number of hydrogen-bond donors (Lipinski definition) is 1. The largest absolute Gasteiger partial charge is 0.494 e. The Balaban J connectivity index is 2.00. The molecule has 0 aromatic heterocycles. The van der Waals surface area contributed by atoms with Crippen molar-refractivity contribution in [2.75, 3.05) is 50.1 Å². The number of ether oxygens (including phenoxy) is 3. The monoisotopic (exact) mass is 569 g/mol. The second-order valence-corrected chi connectivity index (χ2v) is 10.4. The number of nitrogens with zero attached hydrogens (tertiary/aromatic N) is 2. The van der Waals surface area contributed by atoms with Crippen LogP contribution >= 0.6 is 0 Å². The first-order valence-electron chi connectivity index (χ1n) is 12.9. The molecule has 214 valence electrons. The van der Waals surface area contributed by atoms with E-state index < -0.39 is 22.5 Å². The molecule has 0 spiro atoms. The molecule has 2 amide bonds. The molecule has 0 aliphatic rings. The molecule has 0 saturated heterocycles. The number of hydrogen-bond acceptors (Lipinski definition) is 7. The van der Waals surface area contributed by atoms with Crippen LogP contribution in [0.4, 0.5) is 11.4 Å². The van der Waals surface area contributed by atoms with Gasteiger partial charge in [0.1, 0.15) is 12.3 Å². The fourth-order valence-electron chi connectivity index (χ4n) is 4.07. The maximum Gasteiger partial charge on any atom is 0.264 e. The Hall–Kier alpha value is -4.25. The van der Waals surface area contributed by atoms with E-state index in [1.807, 2.05) is 20.8 Å². The van der Waals surface area contributed by atoms with Gasteiger partial charge in [0.05, 0.1) is 42.7 Å². The SMILES string of the molecule is CCOc1ccc(N(CC(=O)Nc2ccccc2C(=O)N(CC)CC)S(=O)(=O)c2ccc(OC)c(OC)c2)cc1. The Morgan fingerprint density at radius 3 is 2.10 bits per heavy atom. The molecule has 1 N–H and O–H groups in total. The maximum absolute atomic E-state index is 13.9. The van der Waals surface area contributed by atoms with Gasteiger partial charge in [-0.15, -0.1) is 0 Å². The molecule has 0 aliphatic heterocycles. The van der Waals surface area contributed by atoms with E-state index >= 15 is 0 Å². The minimum absolute atomic E-state index is 0.0936. The molecule has 3 aromatic carbocycles. The molecular weight excluding hydrogens is 534 g/mol. The van der Waals surface area contributed by atoms with Gasteiger partial charge in [-0.05, 0) is 69.3 Å². The molecular formula is C29H35N3O7S. The third-order valence-corrected chi connectivity index (χ3v) is 7.92. The van der Waals surface area contributed by atoms with Gasteiger partial charge in [0.25, 0.3) is 15.9 Å². The van der Waals surface area contributed by atoms with Crippen LogP contribution in [-0.4, -0.2) is 65.6 Å². The topological polar surface area (TPSA) is 114 Å². The van der Waals surface area contributed by atoms with E-state index in [-0.39, 0.29) is 22.2 Å². The second kappa shape index (κ2) is 13.7. The number of carbonyl (C=O) groups is 2. The van der Waals surface area contributed by atoms with Crippen molar-refractivity contribution in [3.8, 4) is 17.2 Å². The van der Waals surface area contributed by atoms with E-state index in [4.69, 9.17) is 14.2 Å². The standard InChI is InChI=1S/C29H35N3O7S/c1-6-31(7-2)29(34)24-11-9-10-12-25(24)30-28(33)20-32(21-13-15-22(16-14-21)39-8-3)40(35,36)23-17-18-26(37-4)27(19-23)38-5/h9-19H,6-8,20H2,1-5H3,(H,30,33). The maximum atomic E-state index is 13.9. The molecule has 3 rings (SSSR count). The van der Waals surface area contributed by atoms with Gasteiger partial charge in [0.15, 0.2) is 11.5 Å². The molecule has 11 heteroatoms. The van der Waals surface area contributed by atoms with E-state index in [0.717, 1.165) is 4.31 Å². The van der Waals surface area contributed by atoms with Gasteiger partial charge < -0.3 is 24.4 Å². The number of sulfonamides is 1. The van der Waals surface area contributed by atoms with Gasteiger partial charge in [0, 0.05) is 19.2 Å². The zero-order valence-corrected chi connectivity index (χ0v) is 24.2. The highest BCUT2D eigenvalue weighted by molar-refractivity contribution is 7.92. The van der Waals surface area contributed by atoms with Crippen molar-refractivity contribution in [1.82, 2.24) is 4.90 Å². The van der Waals surface area contributed by atoms with Crippen LogP contribution in [0.15, 0.2) is 71.6 Å². The van der Waals surface area contributed by atoms with Crippen LogP contribution < -0.4 is 23.8 Å². The van der Waals surface area contributed by atoms with Gasteiger partial charge in [-0.2, -0.15) is 0 Å². The third kappa shape index (κ3) is 6.84. The van der Waals surface area contributed by atoms with Crippen molar-refractivity contribution in [3.05, 3.63) is 72.3 Å². The Morgan fingerprint density at radius 1 is 0.850 bits per heavy atom. The molecule has 10 nitrogen and oxygen atoms in total. The molecule has 0 bridgehead atoms. The van der Waals surface area contributed by atoms with Crippen LogP contribution in [0.1, 0.15) is 31.1 Å². The first kappa shape index (κ1) is 30.3. The molecule has 0 atom stereocenters. The molecule has 0 unspecified atom stereocenters. The van der Waals surface area contributed by atoms with Gasteiger partial charge >= 0.3 is 0 Å². The summed E-state index contributed by atoms with van der Waals surface area (Å²) in [4.78, 5) is 27.9. The van der Waals surface area contributed by atoms with E-state index in [2.05, 4.69) is 5.32 Å². The Labute approximate surface area is 235 Å². The number of methoxy groups -OCH3 is 2. The smallest absolute Gasteiger partial charge is 0.264 e. The summed E-state index contributed by atoms with van der Waals surface area (Å²) in [6.07, 6.45) is 0. The number of carbonyl (C=O) groups excluding carboxylic acids is 2. The Bertz CT molecular complexity index is 1420. The van der Waals surface area contributed by atoms with Gasteiger partial charge in [-0.25, -0.2) is 8.42 Å². The highest BCUT2D eigenvalue weighted by atomic mass is 32.2. The summed E-state index contributed by atoms with van der Waals surface area (Å²) in [6, 6.07) is 17.2. The predicted molar refractivity (Wildman–Crippen MR) is 154 cm³/mol. The fraction of sp³-hybridized carbons (Fsp3) is 0.310. The number of para-hydroxylation sites is 1. The molecule has 0 heterocycles. The second-order valence-electron chi connectivity index (χ2n) is 8.53. The summed E-state index contributed by atoms with van der Waals surface area (Å²) in [5, 5.41) is 2.73. The zero-order valence-electron chi connectivity index (χ0n) is 23.3. The van der Waals surface area contributed by atoms with Crippen LogP contribution in [0, 0.1) is 0 Å². The molecule has 40 heavy (non-hydrogen) atoms. The van der Waals surface area contributed by atoms with Crippen molar-refractivity contribution >= 4 is 33.2 Å². The van der Waals surface area contributed by atoms with Crippen molar-refractivity contribution < 1.29 is 32.2 Å². The zero-order chi connectivity index (χ0) is 29.3. The quantitative estimate of drug-likeness (QED) is 0.324.